The number of ether oxygens (including phenoxy) is 1. The van der Waals surface area contributed by atoms with Crippen LogP contribution in [0.2, 0.25) is 0 Å². The Morgan fingerprint density at radius 2 is 1.89 bits per heavy atom. The Kier molecular flexibility index (Phi) is 5.31. The first kappa shape index (κ1) is 18.5. The van der Waals surface area contributed by atoms with E-state index in [1.54, 1.807) is 7.11 Å². The molecule has 4 rings (SSSR count). The van der Waals surface area contributed by atoms with Gasteiger partial charge in [0.05, 0.1) is 12.9 Å². The lowest BCUT2D eigenvalue weighted by molar-refractivity contribution is 0.415. The van der Waals surface area contributed by atoms with Gasteiger partial charge in [-0.15, -0.1) is 20.4 Å². The predicted molar refractivity (Wildman–Crippen MR) is 109 cm³/mol. The zero-order valence-corrected chi connectivity index (χ0v) is 17.1. The van der Waals surface area contributed by atoms with E-state index in [0.717, 1.165) is 21.3 Å². The summed E-state index contributed by atoms with van der Waals surface area (Å²) in [6, 6.07) is 15.1. The first-order valence-electron chi connectivity index (χ1n) is 8.20. The molecule has 142 valence electrons. The van der Waals surface area contributed by atoms with Crippen LogP contribution in [0.1, 0.15) is 5.89 Å². The summed E-state index contributed by atoms with van der Waals surface area (Å²) in [5.41, 5.74) is 1.69. The molecule has 28 heavy (non-hydrogen) atoms. The minimum atomic E-state index is 0.430. The van der Waals surface area contributed by atoms with Gasteiger partial charge in [0.15, 0.2) is 5.82 Å². The number of nitrogens with two attached hydrogens (primary N) is 1. The third-order valence-electron chi connectivity index (χ3n) is 3.88. The summed E-state index contributed by atoms with van der Waals surface area (Å²) >= 11 is 4.80. The predicted octanol–water partition coefficient (Wildman–Crippen LogP) is 3.77. The van der Waals surface area contributed by atoms with Crippen molar-refractivity contribution >= 4 is 27.7 Å². The van der Waals surface area contributed by atoms with Crippen LogP contribution in [0.3, 0.4) is 0 Å². The first-order valence-corrected chi connectivity index (χ1v) is 9.98. The third-order valence-corrected chi connectivity index (χ3v) is 5.30. The molecule has 0 aliphatic carbocycles. The van der Waals surface area contributed by atoms with Gasteiger partial charge >= 0.3 is 0 Å². The summed E-state index contributed by atoms with van der Waals surface area (Å²) in [6.07, 6.45) is 0. The number of aromatic nitrogens is 5. The molecule has 2 N–H and O–H groups in total. The van der Waals surface area contributed by atoms with Gasteiger partial charge in [0.25, 0.3) is 0 Å². The highest BCUT2D eigenvalue weighted by Gasteiger charge is 2.15. The standard InChI is InChI=1S/C18H15BrN6O2S/c1-26-14-7-5-11(6-8-14)16-22-24-18(25(16)20)28-10-15-21-23-17(27-15)12-3-2-4-13(19)9-12/h2-9H,10,20H2,1H3. The second-order valence-corrected chi connectivity index (χ2v) is 7.56. The maximum absolute atomic E-state index is 6.15. The molecule has 4 aromatic rings. The van der Waals surface area contributed by atoms with Crippen LogP contribution < -0.4 is 10.6 Å². The van der Waals surface area contributed by atoms with Gasteiger partial charge in [-0.05, 0) is 42.5 Å². The minimum absolute atomic E-state index is 0.430. The van der Waals surface area contributed by atoms with Gasteiger partial charge in [0.1, 0.15) is 5.75 Å². The molecule has 2 heterocycles. The van der Waals surface area contributed by atoms with Gasteiger partial charge in [-0.1, -0.05) is 33.8 Å². The van der Waals surface area contributed by atoms with Crippen LogP contribution in [0.15, 0.2) is 62.6 Å². The quantitative estimate of drug-likeness (QED) is 0.343. The van der Waals surface area contributed by atoms with E-state index in [1.165, 1.54) is 16.4 Å². The summed E-state index contributed by atoms with van der Waals surface area (Å²) in [5.74, 6) is 8.85. The lowest BCUT2D eigenvalue weighted by Crippen LogP contribution is -2.11. The molecule has 0 atom stereocenters. The Balaban J connectivity index is 1.46. The highest BCUT2D eigenvalue weighted by molar-refractivity contribution is 9.10. The number of halogens is 1. The Bertz CT molecular complexity index is 1100. The monoisotopic (exact) mass is 458 g/mol. The number of thioether (sulfide) groups is 1. The molecule has 0 bridgehead atoms. The fraction of sp³-hybridized carbons (Fsp3) is 0.111. The van der Waals surface area contributed by atoms with E-state index in [9.17, 15) is 0 Å². The molecule has 0 saturated carbocycles. The van der Waals surface area contributed by atoms with E-state index >= 15 is 0 Å². The minimum Gasteiger partial charge on any atom is -0.497 e. The number of nitrogens with zero attached hydrogens (tertiary/aromatic N) is 5. The SMILES string of the molecule is COc1ccc(-c2nnc(SCc3nnc(-c4cccc(Br)c4)o3)n2N)cc1. The lowest BCUT2D eigenvalue weighted by atomic mass is 10.2. The van der Waals surface area contributed by atoms with Crippen LogP contribution >= 0.6 is 27.7 Å². The van der Waals surface area contributed by atoms with Crippen molar-refractivity contribution in [2.45, 2.75) is 10.9 Å². The molecule has 0 spiro atoms. The number of nitrogen functional groups attached to an aromatic ring is 1. The van der Waals surface area contributed by atoms with E-state index in [2.05, 4.69) is 36.3 Å². The van der Waals surface area contributed by atoms with Gasteiger partial charge in [0, 0.05) is 15.6 Å². The molecule has 0 radical (unpaired) electrons. The first-order chi connectivity index (χ1) is 13.6. The zero-order valence-electron chi connectivity index (χ0n) is 14.7. The van der Waals surface area contributed by atoms with Crippen molar-refractivity contribution in [2.75, 3.05) is 13.0 Å². The van der Waals surface area contributed by atoms with Crippen LogP contribution in [0.5, 0.6) is 5.75 Å². The zero-order chi connectivity index (χ0) is 19.5. The van der Waals surface area contributed by atoms with Gasteiger partial charge in [-0.3, -0.25) is 0 Å². The second kappa shape index (κ2) is 8.03. The second-order valence-electron chi connectivity index (χ2n) is 5.70. The molecular formula is C18H15BrN6O2S. The number of hydrogen-bond acceptors (Lipinski definition) is 8. The normalized spacial score (nSPS) is 10.9. The average Bonchev–Trinajstić information content (AvgIpc) is 3.33. The number of benzene rings is 2. The van der Waals surface area contributed by atoms with Crippen LogP contribution in [0.4, 0.5) is 0 Å². The Labute approximate surface area is 173 Å². The van der Waals surface area contributed by atoms with E-state index in [-0.39, 0.29) is 0 Å². The molecule has 2 aromatic heterocycles. The van der Waals surface area contributed by atoms with Crippen molar-refractivity contribution in [1.82, 2.24) is 25.1 Å². The van der Waals surface area contributed by atoms with E-state index in [4.69, 9.17) is 15.0 Å². The van der Waals surface area contributed by atoms with E-state index in [0.29, 0.717) is 28.5 Å². The highest BCUT2D eigenvalue weighted by Crippen LogP contribution is 2.27. The number of hydrogen-bond donors (Lipinski definition) is 1. The van der Waals surface area contributed by atoms with Crippen molar-refractivity contribution in [1.29, 1.82) is 0 Å². The summed E-state index contributed by atoms with van der Waals surface area (Å²) in [5, 5.41) is 17.1. The van der Waals surface area contributed by atoms with Crippen molar-refractivity contribution in [2.24, 2.45) is 0 Å². The van der Waals surface area contributed by atoms with Gasteiger partial charge < -0.3 is 15.0 Å². The molecule has 0 amide bonds. The Hall–Kier alpha value is -2.85. The summed E-state index contributed by atoms with van der Waals surface area (Å²) in [7, 11) is 1.62. The maximum atomic E-state index is 6.15. The molecule has 0 aliphatic heterocycles. The Morgan fingerprint density at radius 3 is 2.64 bits per heavy atom. The molecule has 0 unspecified atom stereocenters. The van der Waals surface area contributed by atoms with Gasteiger partial charge in [-0.25, -0.2) is 4.68 Å². The lowest BCUT2D eigenvalue weighted by Gasteiger charge is -2.04. The fourth-order valence-electron chi connectivity index (χ4n) is 2.49. The molecule has 0 fully saturated rings. The van der Waals surface area contributed by atoms with Gasteiger partial charge in [0.2, 0.25) is 16.9 Å². The summed E-state index contributed by atoms with van der Waals surface area (Å²) in [4.78, 5) is 0. The largest absolute Gasteiger partial charge is 0.497 e. The van der Waals surface area contributed by atoms with Gasteiger partial charge in [-0.2, -0.15) is 0 Å². The average molecular weight is 459 g/mol. The molecule has 2 aromatic carbocycles. The van der Waals surface area contributed by atoms with Crippen LogP contribution in [0, 0.1) is 0 Å². The van der Waals surface area contributed by atoms with Crippen molar-refractivity contribution in [3.8, 4) is 28.6 Å². The van der Waals surface area contributed by atoms with Crippen molar-refractivity contribution in [3.05, 3.63) is 58.9 Å². The van der Waals surface area contributed by atoms with Crippen LogP contribution in [-0.4, -0.2) is 32.2 Å². The molecule has 10 heteroatoms. The van der Waals surface area contributed by atoms with Crippen LogP contribution in [0.25, 0.3) is 22.8 Å². The molecule has 0 saturated heterocycles. The van der Waals surface area contributed by atoms with E-state index in [1.807, 2.05) is 48.5 Å². The number of methoxy groups -OCH3 is 1. The third kappa shape index (κ3) is 3.87. The smallest absolute Gasteiger partial charge is 0.247 e. The summed E-state index contributed by atoms with van der Waals surface area (Å²) in [6.45, 7) is 0. The van der Waals surface area contributed by atoms with Crippen molar-refractivity contribution < 1.29 is 9.15 Å². The fourth-order valence-corrected chi connectivity index (χ4v) is 3.58. The topological polar surface area (TPSA) is 105 Å². The molecule has 8 nitrogen and oxygen atoms in total. The molecule has 0 aliphatic rings. The summed E-state index contributed by atoms with van der Waals surface area (Å²) < 4.78 is 13.3. The molecular weight excluding hydrogens is 444 g/mol. The highest BCUT2D eigenvalue weighted by atomic mass is 79.9. The Morgan fingerprint density at radius 1 is 1.07 bits per heavy atom. The van der Waals surface area contributed by atoms with E-state index < -0.39 is 0 Å². The number of rotatable bonds is 6. The maximum Gasteiger partial charge on any atom is 0.247 e. The van der Waals surface area contributed by atoms with Crippen LogP contribution in [-0.2, 0) is 5.75 Å². The van der Waals surface area contributed by atoms with Crippen molar-refractivity contribution in [3.63, 3.8) is 0 Å².